The first-order valence-electron chi connectivity index (χ1n) is 9.79. The van der Waals surface area contributed by atoms with Gasteiger partial charge < -0.3 is 9.64 Å². The number of hydrogen-bond acceptors (Lipinski definition) is 6. The van der Waals surface area contributed by atoms with Crippen LogP contribution >= 0.6 is 9.24 Å². The van der Waals surface area contributed by atoms with Crippen molar-refractivity contribution in [3.05, 3.63) is 59.9 Å². The number of carbonyl (C=O) groups is 2. The molecule has 10 heteroatoms. The second kappa shape index (κ2) is 8.59. The fourth-order valence-corrected chi connectivity index (χ4v) is 3.58. The third kappa shape index (κ3) is 3.91. The summed E-state index contributed by atoms with van der Waals surface area (Å²) in [6, 6.07) is 7.22. The number of benzene rings is 1. The van der Waals surface area contributed by atoms with E-state index in [-0.39, 0.29) is 18.3 Å². The minimum Gasteiger partial charge on any atom is -0.487 e. The zero-order chi connectivity index (χ0) is 23.0. The lowest BCUT2D eigenvalue weighted by molar-refractivity contribution is -0.123. The lowest BCUT2D eigenvalue weighted by Gasteiger charge is -2.27. The number of fused-ring (bicyclic) bond motifs is 1. The Balaban J connectivity index is 1.63. The molecule has 1 aliphatic rings. The molecule has 32 heavy (non-hydrogen) atoms. The summed E-state index contributed by atoms with van der Waals surface area (Å²) in [4.78, 5) is 41.6. The lowest BCUT2D eigenvalue weighted by atomic mass is 10.1. The van der Waals surface area contributed by atoms with Crippen molar-refractivity contribution < 1.29 is 18.7 Å². The van der Waals surface area contributed by atoms with Crippen molar-refractivity contribution in [3.8, 4) is 17.0 Å². The fourth-order valence-electron chi connectivity index (χ4n) is 3.40. The molecule has 0 saturated carbocycles. The summed E-state index contributed by atoms with van der Waals surface area (Å²) in [6.45, 7) is 1.74. The molecule has 3 heterocycles. The molecular formula is C22H21FN5O3P. The number of aryl methyl sites for hydroxylation is 1. The number of rotatable bonds is 3. The van der Waals surface area contributed by atoms with E-state index >= 15 is 0 Å². The van der Waals surface area contributed by atoms with E-state index in [2.05, 4.69) is 24.2 Å². The van der Waals surface area contributed by atoms with Gasteiger partial charge in [-0.2, -0.15) is 0 Å². The van der Waals surface area contributed by atoms with E-state index in [0.29, 0.717) is 33.7 Å². The summed E-state index contributed by atoms with van der Waals surface area (Å²) >= 11 is 0. The summed E-state index contributed by atoms with van der Waals surface area (Å²) in [5, 5.41) is 0.433. The van der Waals surface area contributed by atoms with Crippen LogP contribution in [0.3, 0.4) is 0 Å². The van der Waals surface area contributed by atoms with Gasteiger partial charge in [0, 0.05) is 37.4 Å². The number of amides is 2. The molecule has 1 aromatic carbocycles. The number of anilines is 1. The Hall–Kier alpha value is -3.45. The number of carbonyl (C=O) groups excluding carboxylic acids is 2. The van der Waals surface area contributed by atoms with E-state index in [1.807, 2.05) is 0 Å². The molecule has 0 spiro atoms. The van der Waals surface area contributed by atoms with Gasteiger partial charge in [-0.3, -0.25) is 14.5 Å². The van der Waals surface area contributed by atoms with E-state index in [4.69, 9.17) is 4.74 Å². The largest absolute Gasteiger partial charge is 0.487 e. The fraction of sp³-hybridized carbons (Fsp3) is 0.227. The van der Waals surface area contributed by atoms with Gasteiger partial charge in [0.2, 0.25) is 5.82 Å². The Labute approximate surface area is 186 Å². The maximum Gasteiger partial charge on any atom is 0.292 e. The van der Waals surface area contributed by atoms with Gasteiger partial charge >= 0.3 is 0 Å². The molecule has 8 nitrogen and oxygen atoms in total. The topological polar surface area (TPSA) is 88.5 Å². The first-order chi connectivity index (χ1) is 15.3. The van der Waals surface area contributed by atoms with E-state index in [9.17, 15) is 14.0 Å². The van der Waals surface area contributed by atoms with Crippen LogP contribution in [-0.4, -0.2) is 58.4 Å². The lowest BCUT2D eigenvalue weighted by Crippen LogP contribution is -2.50. The molecule has 0 bridgehead atoms. The molecule has 1 unspecified atom stereocenters. The summed E-state index contributed by atoms with van der Waals surface area (Å²) in [5.41, 5.74) is 1.66. The second-order valence-corrected chi connectivity index (χ2v) is 8.05. The molecule has 164 valence electrons. The molecule has 0 N–H and O–H groups in total. The zero-order valence-corrected chi connectivity index (χ0v) is 18.9. The average molecular weight is 453 g/mol. The zero-order valence-electron chi connectivity index (χ0n) is 17.7. The van der Waals surface area contributed by atoms with Crippen LogP contribution in [0.5, 0.6) is 5.75 Å². The van der Waals surface area contributed by atoms with Gasteiger partial charge in [0.05, 0.1) is 5.69 Å². The van der Waals surface area contributed by atoms with Crippen LogP contribution < -0.4 is 14.9 Å². The number of pyridine rings is 1. The van der Waals surface area contributed by atoms with Crippen molar-refractivity contribution in [2.75, 3.05) is 25.6 Å². The molecule has 0 aliphatic carbocycles. The predicted octanol–water partition coefficient (Wildman–Crippen LogP) is 1.98. The SMILES string of the molecule is Cc1cnc(C(=O)N(C)[C@H]2COc3cccnc3N(C)C2=O)nc1-c1ccc(P)c(F)c1. The van der Waals surface area contributed by atoms with Crippen molar-refractivity contribution in [2.24, 2.45) is 0 Å². The molecule has 0 radical (unpaired) electrons. The number of likely N-dealkylation sites (N-methyl/N-ethyl adjacent to an activating group) is 2. The summed E-state index contributed by atoms with van der Waals surface area (Å²) < 4.78 is 19.8. The highest BCUT2D eigenvalue weighted by Gasteiger charge is 2.36. The molecule has 1 aliphatic heterocycles. The van der Waals surface area contributed by atoms with Crippen LogP contribution in [0.4, 0.5) is 10.2 Å². The number of nitrogens with zero attached hydrogens (tertiary/aromatic N) is 5. The van der Waals surface area contributed by atoms with Gasteiger partial charge in [-0.1, -0.05) is 12.1 Å². The van der Waals surface area contributed by atoms with Crippen LogP contribution in [-0.2, 0) is 4.79 Å². The molecule has 3 aromatic rings. The van der Waals surface area contributed by atoms with Crippen LogP contribution in [0.25, 0.3) is 11.3 Å². The number of halogens is 1. The molecule has 4 rings (SSSR count). The quantitative estimate of drug-likeness (QED) is 0.564. The Morgan fingerprint density at radius 1 is 1.31 bits per heavy atom. The Morgan fingerprint density at radius 3 is 2.84 bits per heavy atom. The van der Waals surface area contributed by atoms with Crippen LogP contribution in [0.2, 0.25) is 0 Å². The van der Waals surface area contributed by atoms with Crippen LogP contribution in [0, 0.1) is 12.7 Å². The van der Waals surface area contributed by atoms with Crippen molar-refractivity contribution in [1.82, 2.24) is 19.9 Å². The first kappa shape index (κ1) is 21.8. The van der Waals surface area contributed by atoms with Crippen LogP contribution in [0.1, 0.15) is 16.2 Å². The van der Waals surface area contributed by atoms with Crippen molar-refractivity contribution >= 4 is 32.2 Å². The molecule has 2 aromatic heterocycles. The molecule has 0 fully saturated rings. The van der Waals surface area contributed by atoms with Gasteiger partial charge in [-0.25, -0.2) is 19.3 Å². The summed E-state index contributed by atoms with van der Waals surface area (Å²) in [5.74, 6) is -0.548. The Kier molecular flexibility index (Phi) is 5.84. The molecule has 2 amide bonds. The second-order valence-electron chi connectivity index (χ2n) is 7.43. The number of ether oxygens (including phenoxy) is 1. The van der Waals surface area contributed by atoms with E-state index in [1.165, 1.54) is 29.1 Å². The highest BCUT2D eigenvalue weighted by Crippen LogP contribution is 2.28. The van der Waals surface area contributed by atoms with Crippen LogP contribution in [0.15, 0.2) is 42.7 Å². The minimum atomic E-state index is -0.899. The highest BCUT2D eigenvalue weighted by molar-refractivity contribution is 7.27. The van der Waals surface area contributed by atoms with E-state index in [0.717, 1.165) is 0 Å². The van der Waals surface area contributed by atoms with Crippen molar-refractivity contribution in [2.45, 2.75) is 13.0 Å². The van der Waals surface area contributed by atoms with Crippen molar-refractivity contribution in [3.63, 3.8) is 0 Å². The third-order valence-electron chi connectivity index (χ3n) is 5.31. The first-order valence-corrected chi connectivity index (χ1v) is 10.4. The summed E-state index contributed by atoms with van der Waals surface area (Å²) in [6.07, 6.45) is 3.07. The molecule has 2 atom stereocenters. The smallest absolute Gasteiger partial charge is 0.292 e. The van der Waals surface area contributed by atoms with Crippen molar-refractivity contribution in [1.29, 1.82) is 0 Å². The number of hydrogen-bond donors (Lipinski definition) is 0. The standard InChI is InChI=1S/C22H21FN5O3P/c1-12-10-25-19(26-18(12)13-6-7-17(32)14(23)9-13)22(30)27(2)15-11-31-16-5-4-8-24-20(16)28(3)21(15)29/h4-10,15H,11,32H2,1-3H3/t15-/m0/s1. The predicted molar refractivity (Wildman–Crippen MR) is 121 cm³/mol. The highest BCUT2D eigenvalue weighted by atomic mass is 31.0. The van der Waals surface area contributed by atoms with Gasteiger partial charge in [-0.15, -0.1) is 9.24 Å². The maximum atomic E-state index is 14.1. The Bertz CT molecular complexity index is 1220. The summed E-state index contributed by atoms with van der Waals surface area (Å²) in [7, 11) is 5.40. The normalized spacial score (nSPS) is 15.6. The Morgan fingerprint density at radius 2 is 2.09 bits per heavy atom. The molecular weight excluding hydrogens is 432 g/mol. The maximum absolute atomic E-state index is 14.1. The molecule has 0 saturated heterocycles. The number of aromatic nitrogens is 3. The monoisotopic (exact) mass is 453 g/mol. The third-order valence-corrected chi connectivity index (χ3v) is 5.77. The van der Waals surface area contributed by atoms with E-state index in [1.54, 1.807) is 44.4 Å². The van der Waals surface area contributed by atoms with Gasteiger partial charge in [0.1, 0.15) is 18.5 Å². The van der Waals surface area contributed by atoms with Gasteiger partial charge in [0.15, 0.2) is 11.6 Å². The van der Waals surface area contributed by atoms with Gasteiger partial charge in [0.25, 0.3) is 11.8 Å². The van der Waals surface area contributed by atoms with Gasteiger partial charge in [-0.05, 0) is 30.7 Å². The minimum absolute atomic E-state index is 0.0380. The van der Waals surface area contributed by atoms with E-state index < -0.39 is 17.8 Å². The average Bonchev–Trinajstić information content (AvgIpc) is 2.92.